The maximum absolute atomic E-state index is 13.3. The third-order valence-electron chi connectivity index (χ3n) is 7.14. The lowest BCUT2D eigenvalue weighted by Crippen LogP contribution is -2.37. The van der Waals surface area contributed by atoms with E-state index < -0.39 is 11.9 Å². The van der Waals surface area contributed by atoms with Crippen molar-refractivity contribution in [2.75, 3.05) is 27.3 Å². The van der Waals surface area contributed by atoms with E-state index in [1.807, 2.05) is 26.1 Å². The normalized spacial score (nSPS) is 12.1. The molecule has 0 bridgehead atoms. The summed E-state index contributed by atoms with van der Waals surface area (Å²) in [6.07, 6.45) is 6.53. The molecule has 4 aromatic rings. The number of rotatable bonds is 13. The zero-order valence-corrected chi connectivity index (χ0v) is 23.7. The molecule has 0 saturated carbocycles. The van der Waals surface area contributed by atoms with Gasteiger partial charge in [0.05, 0.1) is 30.3 Å². The van der Waals surface area contributed by atoms with Crippen LogP contribution in [0.2, 0.25) is 0 Å². The monoisotopic (exact) mass is 546 g/mol. The lowest BCUT2D eigenvalue weighted by Gasteiger charge is -2.16. The largest absolute Gasteiger partial charge is 0.506 e. The first kappa shape index (κ1) is 29.0. The molecule has 0 aliphatic rings. The number of phenols is 1. The fraction of sp³-hybridized carbons (Fsp3) is 0.419. The molecule has 1 unspecified atom stereocenters. The van der Waals surface area contributed by atoms with E-state index >= 15 is 0 Å². The molecular formula is C31H38N4O5. The highest BCUT2D eigenvalue weighted by molar-refractivity contribution is 6.19. The highest BCUT2D eigenvalue weighted by atomic mass is 16.5. The third-order valence-corrected chi connectivity index (χ3v) is 7.14. The van der Waals surface area contributed by atoms with E-state index in [1.54, 1.807) is 24.3 Å². The Labute approximate surface area is 234 Å². The first-order valence-corrected chi connectivity index (χ1v) is 13.9. The SMILES string of the molecule is CCCCCCCCOC(=O)c1cc2nc3c(C(=O)NCC(C)NC)c(O)c4ccccc4c3nc2cc1OC. The van der Waals surface area contributed by atoms with Crippen LogP contribution in [-0.4, -0.2) is 60.3 Å². The van der Waals surface area contributed by atoms with Crippen molar-refractivity contribution in [1.82, 2.24) is 20.6 Å². The maximum atomic E-state index is 13.3. The van der Waals surface area contributed by atoms with Crippen LogP contribution in [0.15, 0.2) is 36.4 Å². The molecule has 0 aliphatic heterocycles. The Bertz CT molecular complexity index is 1520. The average molecular weight is 547 g/mol. The van der Waals surface area contributed by atoms with Gasteiger partial charge in [-0.1, -0.05) is 63.3 Å². The number of nitrogens with one attached hydrogen (secondary N) is 2. The lowest BCUT2D eigenvalue weighted by molar-refractivity contribution is 0.0494. The predicted molar refractivity (Wildman–Crippen MR) is 157 cm³/mol. The number of amides is 1. The minimum absolute atomic E-state index is 0.0297. The fourth-order valence-electron chi connectivity index (χ4n) is 4.69. The van der Waals surface area contributed by atoms with Crippen LogP contribution in [0.5, 0.6) is 11.5 Å². The van der Waals surface area contributed by atoms with E-state index in [0.717, 1.165) is 19.3 Å². The van der Waals surface area contributed by atoms with Crippen molar-refractivity contribution < 1.29 is 24.2 Å². The molecule has 1 aromatic heterocycles. The number of nitrogens with zero attached hydrogens (tertiary/aromatic N) is 2. The number of carbonyl (C=O) groups is 2. The van der Waals surface area contributed by atoms with Crippen LogP contribution in [0.4, 0.5) is 0 Å². The van der Waals surface area contributed by atoms with Gasteiger partial charge in [-0.2, -0.15) is 0 Å². The number of esters is 1. The van der Waals surface area contributed by atoms with Crippen molar-refractivity contribution in [3.63, 3.8) is 0 Å². The molecule has 212 valence electrons. The van der Waals surface area contributed by atoms with Gasteiger partial charge in [-0.3, -0.25) is 4.79 Å². The molecule has 9 heteroatoms. The zero-order valence-electron chi connectivity index (χ0n) is 23.7. The van der Waals surface area contributed by atoms with E-state index in [-0.39, 0.29) is 28.4 Å². The molecule has 0 fully saturated rings. The third kappa shape index (κ3) is 6.25. The summed E-state index contributed by atoms with van der Waals surface area (Å²) in [5.74, 6) is -0.805. The Balaban J connectivity index is 1.74. The molecule has 0 radical (unpaired) electrons. The molecule has 3 aromatic carbocycles. The molecular weight excluding hydrogens is 508 g/mol. The highest BCUT2D eigenvalue weighted by Crippen LogP contribution is 2.37. The van der Waals surface area contributed by atoms with Crippen LogP contribution >= 0.6 is 0 Å². The summed E-state index contributed by atoms with van der Waals surface area (Å²) in [7, 11) is 3.30. The number of benzene rings is 3. The van der Waals surface area contributed by atoms with Gasteiger partial charge in [0.15, 0.2) is 0 Å². The molecule has 3 N–H and O–H groups in total. The molecule has 9 nitrogen and oxygen atoms in total. The van der Waals surface area contributed by atoms with E-state index in [9.17, 15) is 14.7 Å². The van der Waals surface area contributed by atoms with Gasteiger partial charge in [0.2, 0.25) is 0 Å². The second-order valence-electron chi connectivity index (χ2n) is 10.0. The average Bonchev–Trinajstić information content (AvgIpc) is 2.97. The van der Waals surface area contributed by atoms with Crippen LogP contribution in [0.25, 0.3) is 32.8 Å². The minimum Gasteiger partial charge on any atom is -0.506 e. The van der Waals surface area contributed by atoms with E-state index in [4.69, 9.17) is 19.4 Å². The van der Waals surface area contributed by atoms with Crippen LogP contribution in [0.3, 0.4) is 0 Å². The van der Waals surface area contributed by atoms with Crippen molar-refractivity contribution >= 4 is 44.7 Å². The maximum Gasteiger partial charge on any atom is 0.341 e. The number of likely N-dealkylation sites (N-methyl/N-ethyl adjacent to an activating group) is 1. The Morgan fingerprint density at radius 1 is 0.975 bits per heavy atom. The fourth-order valence-corrected chi connectivity index (χ4v) is 4.69. The van der Waals surface area contributed by atoms with Gasteiger partial charge in [-0.25, -0.2) is 14.8 Å². The van der Waals surface area contributed by atoms with Gasteiger partial charge in [0.1, 0.15) is 28.1 Å². The molecule has 0 spiro atoms. The van der Waals surface area contributed by atoms with E-state index in [2.05, 4.69) is 17.6 Å². The Hall–Kier alpha value is -3.98. The van der Waals surface area contributed by atoms with Gasteiger partial charge >= 0.3 is 5.97 Å². The quantitative estimate of drug-likeness (QED) is 0.0869. The molecule has 0 saturated heterocycles. The smallest absolute Gasteiger partial charge is 0.341 e. The van der Waals surface area contributed by atoms with Crippen molar-refractivity contribution in [3.05, 3.63) is 47.5 Å². The summed E-state index contributed by atoms with van der Waals surface area (Å²) in [6, 6.07) is 10.5. The zero-order chi connectivity index (χ0) is 28.6. The Morgan fingerprint density at radius 3 is 2.38 bits per heavy atom. The van der Waals surface area contributed by atoms with Gasteiger partial charge in [0, 0.05) is 29.4 Å². The summed E-state index contributed by atoms with van der Waals surface area (Å²) in [5.41, 5.74) is 1.85. The van der Waals surface area contributed by atoms with Crippen LogP contribution in [0.1, 0.15) is 73.1 Å². The highest BCUT2D eigenvalue weighted by Gasteiger charge is 2.24. The van der Waals surface area contributed by atoms with Gasteiger partial charge < -0.3 is 25.2 Å². The number of carbonyl (C=O) groups excluding carboxylic acids is 2. The number of aromatic nitrogens is 2. The first-order chi connectivity index (χ1) is 19.4. The molecule has 1 amide bonds. The number of aromatic hydroxyl groups is 1. The van der Waals surface area contributed by atoms with Crippen LogP contribution < -0.4 is 15.4 Å². The summed E-state index contributed by atoms with van der Waals surface area (Å²) >= 11 is 0. The van der Waals surface area contributed by atoms with Crippen LogP contribution in [0, 0.1) is 0 Å². The van der Waals surface area contributed by atoms with E-state index in [1.165, 1.54) is 26.4 Å². The number of methoxy groups -OCH3 is 1. The number of unbranched alkanes of at least 4 members (excludes halogenated alkanes) is 5. The second-order valence-corrected chi connectivity index (χ2v) is 10.0. The summed E-state index contributed by atoms with van der Waals surface area (Å²) in [5, 5.41) is 18.3. The lowest BCUT2D eigenvalue weighted by atomic mass is 10.0. The van der Waals surface area contributed by atoms with Crippen LogP contribution in [-0.2, 0) is 4.74 Å². The topological polar surface area (TPSA) is 123 Å². The van der Waals surface area contributed by atoms with E-state index in [0.29, 0.717) is 46.2 Å². The molecule has 40 heavy (non-hydrogen) atoms. The standard InChI is InChI=1S/C31H38N4O5/c1-5-6-7-8-9-12-15-40-31(38)22-16-23-24(17-25(22)39-4)34-27-20-13-10-11-14-21(20)29(36)26(28(27)35-23)30(37)33-18-19(2)32-3/h10-11,13-14,16-17,19,32,36H,5-9,12,15,18H2,1-4H3,(H,33,37). The number of ether oxygens (including phenoxy) is 2. The minimum atomic E-state index is -0.505. The van der Waals surface area contributed by atoms with Crippen molar-refractivity contribution in [1.29, 1.82) is 0 Å². The Kier molecular flexibility index (Phi) is 9.71. The summed E-state index contributed by atoms with van der Waals surface area (Å²) in [6.45, 7) is 4.80. The number of fused-ring (bicyclic) bond motifs is 4. The Morgan fingerprint density at radius 2 is 1.65 bits per heavy atom. The molecule has 4 rings (SSSR count). The second kappa shape index (κ2) is 13.4. The van der Waals surface area contributed by atoms with Crippen molar-refractivity contribution in [3.8, 4) is 11.5 Å². The van der Waals surface area contributed by atoms with Crippen molar-refractivity contribution in [2.24, 2.45) is 0 Å². The molecule has 0 aliphatic carbocycles. The number of hydrogen-bond acceptors (Lipinski definition) is 8. The summed E-state index contributed by atoms with van der Waals surface area (Å²) < 4.78 is 11.1. The van der Waals surface area contributed by atoms with Gasteiger partial charge in [-0.05, 0) is 26.5 Å². The number of hydrogen-bond donors (Lipinski definition) is 3. The van der Waals surface area contributed by atoms with Gasteiger partial charge in [-0.15, -0.1) is 0 Å². The molecule has 1 heterocycles. The first-order valence-electron chi connectivity index (χ1n) is 13.9. The van der Waals surface area contributed by atoms with Gasteiger partial charge in [0.25, 0.3) is 5.91 Å². The number of phenolic OH excluding ortho intramolecular Hbond substituents is 1. The predicted octanol–water partition coefficient (Wildman–Crippen LogP) is 5.51. The molecule has 1 atom stereocenters. The van der Waals surface area contributed by atoms with Crippen molar-refractivity contribution in [2.45, 2.75) is 58.4 Å². The summed E-state index contributed by atoms with van der Waals surface area (Å²) in [4.78, 5) is 35.9.